The molecule has 0 aliphatic heterocycles. The van der Waals surface area contributed by atoms with Gasteiger partial charge in [-0.05, 0) is 25.7 Å². The highest BCUT2D eigenvalue weighted by atomic mass is 32.1. The van der Waals surface area contributed by atoms with E-state index in [0.717, 1.165) is 0 Å². The van der Waals surface area contributed by atoms with E-state index in [2.05, 4.69) is 28.6 Å². The molecule has 4 atom stereocenters. The second-order valence-electron chi connectivity index (χ2n) is 7.04. The fraction of sp³-hybridized carbons (Fsp3) is 0.706. The summed E-state index contributed by atoms with van der Waals surface area (Å²) >= 11 is 4.02. The molecule has 0 aromatic heterocycles. The van der Waals surface area contributed by atoms with Gasteiger partial charge in [0, 0.05) is 12.2 Å². The molecular formula is C17H30N4O7S. The number of nitrogens with one attached hydrogen (secondary N) is 3. The zero-order chi connectivity index (χ0) is 22.7. The van der Waals surface area contributed by atoms with Crippen LogP contribution in [0.5, 0.6) is 0 Å². The minimum absolute atomic E-state index is 0.0450. The van der Waals surface area contributed by atoms with Crippen molar-refractivity contribution in [3.63, 3.8) is 0 Å². The number of thiol groups is 1. The normalized spacial score (nSPS) is 15.0. The summed E-state index contributed by atoms with van der Waals surface area (Å²) in [6.45, 7) is 5.12. The Balaban J connectivity index is 4.80. The molecule has 0 aromatic rings. The van der Waals surface area contributed by atoms with Crippen LogP contribution in [-0.4, -0.2) is 69.8 Å². The molecule has 0 fully saturated rings. The van der Waals surface area contributed by atoms with E-state index in [-0.39, 0.29) is 18.1 Å². The Kier molecular flexibility index (Phi) is 11.9. The smallest absolute Gasteiger partial charge is 0.326 e. The molecule has 166 valence electrons. The van der Waals surface area contributed by atoms with E-state index in [1.165, 1.54) is 6.92 Å². The van der Waals surface area contributed by atoms with E-state index < -0.39 is 60.2 Å². The fourth-order valence-electron chi connectivity index (χ4n) is 2.29. The second-order valence-corrected chi connectivity index (χ2v) is 7.41. The summed E-state index contributed by atoms with van der Waals surface area (Å²) < 4.78 is 0. The predicted molar refractivity (Wildman–Crippen MR) is 107 cm³/mol. The van der Waals surface area contributed by atoms with Gasteiger partial charge in [0.1, 0.15) is 18.1 Å². The summed E-state index contributed by atoms with van der Waals surface area (Å²) in [6, 6.07) is -4.37. The maximum absolute atomic E-state index is 12.3. The molecule has 0 saturated heterocycles. The Morgan fingerprint density at radius 3 is 1.90 bits per heavy atom. The Hall–Kier alpha value is -2.34. The third-order valence-corrected chi connectivity index (χ3v) is 4.26. The molecule has 0 radical (unpaired) electrons. The van der Waals surface area contributed by atoms with Gasteiger partial charge in [-0.25, -0.2) is 4.79 Å². The first-order valence-corrected chi connectivity index (χ1v) is 9.74. The van der Waals surface area contributed by atoms with E-state index in [1.807, 2.05) is 13.8 Å². The average molecular weight is 435 g/mol. The summed E-state index contributed by atoms with van der Waals surface area (Å²) in [7, 11) is 0. The molecule has 0 rings (SSSR count). The summed E-state index contributed by atoms with van der Waals surface area (Å²) in [5.41, 5.74) is 5.77. The molecule has 29 heavy (non-hydrogen) atoms. The monoisotopic (exact) mass is 434 g/mol. The SMILES string of the molecule is CC(C)CC(N)C(=O)NC(CS)C(=O)NC(C)C(=O)NC(CCC(=O)O)C(=O)O. The van der Waals surface area contributed by atoms with Gasteiger partial charge in [-0.15, -0.1) is 0 Å². The number of carbonyl (C=O) groups excluding carboxylic acids is 3. The minimum Gasteiger partial charge on any atom is -0.481 e. The first kappa shape index (κ1) is 26.7. The number of hydrogen-bond acceptors (Lipinski definition) is 7. The topological polar surface area (TPSA) is 188 Å². The standard InChI is InChI=1S/C17H30N4O7S/c1-8(2)6-10(18)15(25)21-12(7-29)16(26)19-9(3)14(24)20-11(17(27)28)4-5-13(22)23/h8-12,29H,4-7,18H2,1-3H3,(H,19,26)(H,20,24)(H,21,25)(H,22,23)(H,27,28). The number of hydrogen-bond donors (Lipinski definition) is 7. The Morgan fingerprint density at radius 1 is 0.897 bits per heavy atom. The number of carboxylic acids is 2. The van der Waals surface area contributed by atoms with Gasteiger partial charge >= 0.3 is 11.9 Å². The molecule has 4 unspecified atom stereocenters. The first-order chi connectivity index (χ1) is 13.4. The lowest BCUT2D eigenvalue weighted by molar-refractivity contribution is -0.143. The number of carbonyl (C=O) groups is 5. The van der Waals surface area contributed by atoms with Crippen molar-refractivity contribution < 1.29 is 34.2 Å². The van der Waals surface area contributed by atoms with Crippen LogP contribution >= 0.6 is 12.6 Å². The van der Waals surface area contributed by atoms with Gasteiger partial charge in [0.2, 0.25) is 17.7 Å². The second kappa shape index (κ2) is 13.0. The number of rotatable bonds is 13. The first-order valence-electron chi connectivity index (χ1n) is 9.11. The van der Waals surface area contributed by atoms with Crippen LogP contribution in [0.4, 0.5) is 0 Å². The van der Waals surface area contributed by atoms with Crippen LogP contribution in [0.2, 0.25) is 0 Å². The predicted octanol–water partition coefficient (Wildman–Crippen LogP) is -1.29. The third-order valence-electron chi connectivity index (χ3n) is 3.89. The molecule has 3 amide bonds. The summed E-state index contributed by atoms with van der Waals surface area (Å²) in [5.74, 6) is -4.47. The van der Waals surface area contributed by atoms with Gasteiger partial charge in [0.05, 0.1) is 6.04 Å². The Morgan fingerprint density at radius 2 is 1.45 bits per heavy atom. The number of amides is 3. The van der Waals surface area contributed by atoms with Crippen molar-refractivity contribution in [3.05, 3.63) is 0 Å². The minimum atomic E-state index is -1.41. The van der Waals surface area contributed by atoms with Crippen molar-refractivity contribution in [1.29, 1.82) is 0 Å². The molecule has 0 bridgehead atoms. The average Bonchev–Trinajstić information content (AvgIpc) is 2.61. The molecule has 0 aromatic carbocycles. The Bertz CT molecular complexity index is 615. The number of aliphatic carboxylic acids is 2. The van der Waals surface area contributed by atoms with E-state index in [9.17, 15) is 24.0 Å². The van der Waals surface area contributed by atoms with Crippen molar-refractivity contribution in [2.24, 2.45) is 11.7 Å². The molecule has 0 aliphatic carbocycles. The third kappa shape index (κ3) is 10.7. The fourth-order valence-corrected chi connectivity index (χ4v) is 2.55. The van der Waals surface area contributed by atoms with Crippen LogP contribution in [0, 0.1) is 5.92 Å². The zero-order valence-electron chi connectivity index (χ0n) is 16.7. The van der Waals surface area contributed by atoms with Gasteiger partial charge < -0.3 is 31.9 Å². The van der Waals surface area contributed by atoms with Crippen molar-refractivity contribution in [1.82, 2.24) is 16.0 Å². The molecule has 0 heterocycles. The van der Waals surface area contributed by atoms with Gasteiger partial charge in [-0.2, -0.15) is 12.6 Å². The van der Waals surface area contributed by atoms with E-state index in [1.54, 1.807) is 0 Å². The van der Waals surface area contributed by atoms with E-state index >= 15 is 0 Å². The molecule has 0 saturated carbocycles. The van der Waals surface area contributed by atoms with Crippen LogP contribution in [0.1, 0.15) is 40.0 Å². The lowest BCUT2D eigenvalue weighted by Gasteiger charge is -2.23. The maximum atomic E-state index is 12.3. The summed E-state index contributed by atoms with van der Waals surface area (Å²) in [4.78, 5) is 58.3. The van der Waals surface area contributed by atoms with E-state index in [0.29, 0.717) is 6.42 Å². The lowest BCUT2D eigenvalue weighted by atomic mass is 10.0. The van der Waals surface area contributed by atoms with Gasteiger partial charge in [0.15, 0.2) is 0 Å². The number of nitrogens with two attached hydrogens (primary N) is 1. The maximum Gasteiger partial charge on any atom is 0.326 e. The van der Waals surface area contributed by atoms with E-state index in [4.69, 9.17) is 15.9 Å². The molecule has 11 nitrogen and oxygen atoms in total. The highest BCUT2D eigenvalue weighted by Crippen LogP contribution is 2.04. The number of carboxylic acid groups (broad SMARTS) is 2. The Labute approximate surface area is 174 Å². The molecule has 0 aliphatic rings. The van der Waals surface area contributed by atoms with Crippen LogP contribution in [-0.2, 0) is 24.0 Å². The summed E-state index contributed by atoms with van der Waals surface area (Å²) in [5, 5.41) is 24.7. The van der Waals surface area contributed by atoms with Gasteiger partial charge in [0.25, 0.3) is 0 Å². The largest absolute Gasteiger partial charge is 0.481 e. The molecule has 7 N–H and O–H groups in total. The van der Waals surface area contributed by atoms with Crippen molar-refractivity contribution >= 4 is 42.3 Å². The van der Waals surface area contributed by atoms with Crippen molar-refractivity contribution in [2.75, 3.05) is 5.75 Å². The quantitative estimate of drug-likeness (QED) is 0.174. The van der Waals surface area contributed by atoms with Crippen molar-refractivity contribution in [2.45, 2.75) is 64.2 Å². The van der Waals surface area contributed by atoms with Gasteiger partial charge in [-0.1, -0.05) is 13.8 Å². The van der Waals surface area contributed by atoms with Crippen LogP contribution in [0.15, 0.2) is 0 Å². The summed E-state index contributed by atoms with van der Waals surface area (Å²) in [6.07, 6.45) is -0.318. The molecule has 0 spiro atoms. The van der Waals surface area contributed by atoms with Crippen LogP contribution in [0.3, 0.4) is 0 Å². The lowest BCUT2D eigenvalue weighted by Crippen LogP contribution is -2.57. The van der Waals surface area contributed by atoms with Crippen molar-refractivity contribution in [3.8, 4) is 0 Å². The molecule has 12 heteroatoms. The van der Waals surface area contributed by atoms with Crippen LogP contribution < -0.4 is 21.7 Å². The van der Waals surface area contributed by atoms with Crippen LogP contribution in [0.25, 0.3) is 0 Å². The van der Waals surface area contributed by atoms with Gasteiger partial charge in [-0.3, -0.25) is 19.2 Å². The zero-order valence-corrected chi connectivity index (χ0v) is 17.6. The highest BCUT2D eigenvalue weighted by Gasteiger charge is 2.28. The molecular weight excluding hydrogens is 404 g/mol. The highest BCUT2D eigenvalue weighted by molar-refractivity contribution is 7.80.